The molecule has 0 spiro atoms. The predicted octanol–water partition coefficient (Wildman–Crippen LogP) is 2.52. The molecule has 0 aliphatic heterocycles. The summed E-state index contributed by atoms with van der Waals surface area (Å²) in [7, 11) is 2.06. The highest BCUT2D eigenvalue weighted by Crippen LogP contribution is 2.11. The highest BCUT2D eigenvalue weighted by Gasteiger charge is 2.03. The van der Waals surface area contributed by atoms with Gasteiger partial charge in [0, 0.05) is 13.1 Å². The molecule has 2 N–H and O–H groups in total. The Morgan fingerprint density at radius 3 is 2.56 bits per heavy atom. The highest BCUT2D eigenvalue weighted by molar-refractivity contribution is 5.24. The number of benzene rings is 1. The minimum atomic E-state index is -0.193. The lowest BCUT2D eigenvalue weighted by Gasteiger charge is -2.16. The van der Waals surface area contributed by atoms with E-state index in [9.17, 15) is 4.39 Å². The zero-order valence-electron chi connectivity index (χ0n) is 10.2. The Kier molecular flexibility index (Phi) is 5.43. The summed E-state index contributed by atoms with van der Waals surface area (Å²) < 4.78 is 13.2. The molecule has 3 heteroatoms. The Hall–Kier alpha value is -0.930. The van der Waals surface area contributed by atoms with Crippen LogP contribution in [0.2, 0.25) is 0 Å². The summed E-state index contributed by atoms with van der Waals surface area (Å²) in [4.78, 5) is 2.21. The van der Waals surface area contributed by atoms with Crippen molar-refractivity contribution in [1.29, 1.82) is 0 Å². The standard InChI is InChI=1S/C13H21FN2/c1-3-4-5-16(2)10-12-6-11(9-15)7-13(14)8-12/h6-8H,3-5,9-10,15H2,1-2H3. The van der Waals surface area contributed by atoms with Crippen LogP contribution >= 0.6 is 0 Å². The van der Waals surface area contributed by atoms with Crippen molar-refractivity contribution in [2.24, 2.45) is 5.73 Å². The second-order valence-electron chi connectivity index (χ2n) is 4.26. The van der Waals surface area contributed by atoms with Gasteiger partial charge in [0.25, 0.3) is 0 Å². The van der Waals surface area contributed by atoms with E-state index in [4.69, 9.17) is 5.73 Å². The second kappa shape index (κ2) is 6.61. The van der Waals surface area contributed by atoms with E-state index in [1.165, 1.54) is 18.9 Å². The first-order valence-corrected chi connectivity index (χ1v) is 5.82. The summed E-state index contributed by atoms with van der Waals surface area (Å²) in [5.41, 5.74) is 7.38. The quantitative estimate of drug-likeness (QED) is 0.804. The Morgan fingerprint density at radius 1 is 1.25 bits per heavy atom. The zero-order chi connectivity index (χ0) is 12.0. The SMILES string of the molecule is CCCCN(C)Cc1cc(F)cc(CN)c1. The zero-order valence-corrected chi connectivity index (χ0v) is 10.2. The molecule has 0 aliphatic rings. The fourth-order valence-electron chi connectivity index (χ4n) is 1.75. The van der Waals surface area contributed by atoms with Gasteiger partial charge in [-0.15, -0.1) is 0 Å². The first-order valence-electron chi connectivity index (χ1n) is 5.82. The van der Waals surface area contributed by atoms with E-state index >= 15 is 0 Å². The molecule has 0 aromatic heterocycles. The van der Waals surface area contributed by atoms with Crippen LogP contribution in [0.1, 0.15) is 30.9 Å². The molecule has 90 valence electrons. The molecule has 0 atom stereocenters. The fraction of sp³-hybridized carbons (Fsp3) is 0.538. The fourth-order valence-corrected chi connectivity index (χ4v) is 1.75. The van der Waals surface area contributed by atoms with E-state index in [0.717, 1.165) is 24.2 Å². The van der Waals surface area contributed by atoms with E-state index in [1.807, 2.05) is 6.07 Å². The van der Waals surface area contributed by atoms with Gasteiger partial charge in [0.2, 0.25) is 0 Å². The van der Waals surface area contributed by atoms with Crippen LogP contribution in [-0.4, -0.2) is 18.5 Å². The van der Waals surface area contributed by atoms with Gasteiger partial charge in [0.1, 0.15) is 5.82 Å². The second-order valence-corrected chi connectivity index (χ2v) is 4.26. The molecule has 0 fully saturated rings. The lowest BCUT2D eigenvalue weighted by molar-refractivity contribution is 0.320. The molecular weight excluding hydrogens is 203 g/mol. The van der Waals surface area contributed by atoms with Gasteiger partial charge in [-0.1, -0.05) is 19.4 Å². The van der Waals surface area contributed by atoms with Crippen LogP contribution in [-0.2, 0) is 13.1 Å². The van der Waals surface area contributed by atoms with Crippen LogP contribution in [0, 0.1) is 5.82 Å². The average Bonchev–Trinajstić information content (AvgIpc) is 2.25. The van der Waals surface area contributed by atoms with Crippen molar-refractivity contribution in [2.45, 2.75) is 32.9 Å². The summed E-state index contributed by atoms with van der Waals surface area (Å²) in [5, 5.41) is 0. The number of rotatable bonds is 6. The highest BCUT2D eigenvalue weighted by atomic mass is 19.1. The Labute approximate surface area is 97.3 Å². The molecule has 1 aromatic carbocycles. The summed E-state index contributed by atoms with van der Waals surface area (Å²) in [6.45, 7) is 4.39. The average molecular weight is 224 g/mol. The molecule has 0 bridgehead atoms. The van der Waals surface area contributed by atoms with Crippen molar-refractivity contribution in [2.75, 3.05) is 13.6 Å². The van der Waals surface area contributed by atoms with Gasteiger partial charge in [-0.2, -0.15) is 0 Å². The molecule has 16 heavy (non-hydrogen) atoms. The van der Waals surface area contributed by atoms with Crippen molar-refractivity contribution in [3.05, 3.63) is 35.1 Å². The van der Waals surface area contributed by atoms with Crippen LogP contribution < -0.4 is 5.73 Å². The summed E-state index contributed by atoms with van der Waals surface area (Å²) in [5.74, 6) is -0.193. The minimum Gasteiger partial charge on any atom is -0.326 e. The minimum absolute atomic E-state index is 0.193. The van der Waals surface area contributed by atoms with Gasteiger partial charge in [0.05, 0.1) is 0 Å². The van der Waals surface area contributed by atoms with Crippen LogP contribution in [0.25, 0.3) is 0 Å². The number of nitrogens with two attached hydrogens (primary N) is 1. The summed E-state index contributed by atoms with van der Waals surface area (Å²) >= 11 is 0. The third-order valence-electron chi connectivity index (χ3n) is 2.60. The third-order valence-corrected chi connectivity index (χ3v) is 2.60. The molecular formula is C13H21FN2. The lowest BCUT2D eigenvalue weighted by Crippen LogP contribution is -2.19. The smallest absolute Gasteiger partial charge is 0.123 e. The maximum Gasteiger partial charge on any atom is 0.123 e. The van der Waals surface area contributed by atoms with Crippen molar-refractivity contribution in [3.8, 4) is 0 Å². The monoisotopic (exact) mass is 224 g/mol. The maximum absolute atomic E-state index is 13.2. The molecule has 0 radical (unpaired) electrons. The van der Waals surface area contributed by atoms with Crippen molar-refractivity contribution in [3.63, 3.8) is 0 Å². The van der Waals surface area contributed by atoms with Gasteiger partial charge >= 0.3 is 0 Å². The molecule has 2 nitrogen and oxygen atoms in total. The molecule has 1 rings (SSSR count). The van der Waals surface area contributed by atoms with E-state index in [0.29, 0.717) is 6.54 Å². The van der Waals surface area contributed by atoms with Crippen LogP contribution in [0.3, 0.4) is 0 Å². The van der Waals surface area contributed by atoms with E-state index < -0.39 is 0 Å². The number of hydrogen-bond donors (Lipinski definition) is 1. The van der Waals surface area contributed by atoms with Gasteiger partial charge < -0.3 is 10.6 Å². The Morgan fingerprint density at radius 2 is 1.94 bits per heavy atom. The molecule has 0 saturated heterocycles. The largest absolute Gasteiger partial charge is 0.326 e. The number of nitrogens with zero attached hydrogens (tertiary/aromatic N) is 1. The third kappa shape index (κ3) is 4.29. The van der Waals surface area contributed by atoms with Gasteiger partial charge in [-0.3, -0.25) is 0 Å². The van der Waals surface area contributed by atoms with Gasteiger partial charge in [-0.25, -0.2) is 4.39 Å². The van der Waals surface area contributed by atoms with Crippen LogP contribution in [0.4, 0.5) is 4.39 Å². The first-order chi connectivity index (χ1) is 7.65. The molecule has 0 amide bonds. The van der Waals surface area contributed by atoms with Crippen LogP contribution in [0.15, 0.2) is 18.2 Å². The lowest BCUT2D eigenvalue weighted by atomic mass is 10.1. The van der Waals surface area contributed by atoms with E-state index in [1.54, 1.807) is 6.07 Å². The molecule has 0 aliphatic carbocycles. The number of hydrogen-bond acceptors (Lipinski definition) is 2. The Bertz CT molecular complexity index is 326. The van der Waals surface area contributed by atoms with Crippen molar-refractivity contribution >= 4 is 0 Å². The summed E-state index contributed by atoms with van der Waals surface area (Å²) in [6, 6.07) is 5.06. The Balaban J connectivity index is 2.61. The molecule has 0 heterocycles. The van der Waals surface area contributed by atoms with Gasteiger partial charge in [-0.05, 0) is 43.3 Å². The van der Waals surface area contributed by atoms with E-state index in [-0.39, 0.29) is 5.82 Å². The molecule has 0 saturated carbocycles. The van der Waals surface area contributed by atoms with E-state index in [2.05, 4.69) is 18.9 Å². The predicted molar refractivity (Wildman–Crippen MR) is 65.5 cm³/mol. The first kappa shape index (κ1) is 13.1. The molecule has 0 unspecified atom stereocenters. The summed E-state index contributed by atoms with van der Waals surface area (Å²) in [6.07, 6.45) is 2.36. The normalized spacial score (nSPS) is 11.1. The maximum atomic E-state index is 13.2. The van der Waals surface area contributed by atoms with Crippen molar-refractivity contribution < 1.29 is 4.39 Å². The number of halogens is 1. The number of unbranched alkanes of at least 4 members (excludes halogenated alkanes) is 1. The molecule has 1 aromatic rings. The van der Waals surface area contributed by atoms with Crippen molar-refractivity contribution in [1.82, 2.24) is 4.90 Å². The topological polar surface area (TPSA) is 29.3 Å². The van der Waals surface area contributed by atoms with Gasteiger partial charge in [0.15, 0.2) is 0 Å². The van der Waals surface area contributed by atoms with Crippen LogP contribution in [0.5, 0.6) is 0 Å².